The van der Waals surface area contributed by atoms with E-state index in [1.807, 2.05) is 37.3 Å². The van der Waals surface area contributed by atoms with Gasteiger partial charge < -0.3 is 10.2 Å². The molecule has 0 saturated carbocycles. The van der Waals surface area contributed by atoms with Gasteiger partial charge in [0.2, 0.25) is 5.89 Å². The van der Waals surface area contributed by atoms with Crippen LogP contribution in [0.4, 0.5) is 5.69 Å². The van der Waals surface area contributed by atoms with Gasteiger partial charge in [-0.3, -0.25) is 4.98 Å². The van der Waals surface area contributed by atoms with E-state index in [0.29, 0.717) is 5.89 Å². The summed E-state index contributed by atoms with van der Waals surface area (Å²) in [6.07, 6.45) is 5.06. The molecular weight excluding hydrogens is 238 g/mol. The number of rotatable bonds is 2. The summed E-state index contributed by atoms with van der Waals surface area (Å²) in [5.41, 5.74) is 10.4. The van der Waals surface area contributed by atoms with Gasteiger partial charge in [0.15, 0.2) is 0 Å². The summed E-state index contributed by atoms with van der Waals surface area (Å²) in [5.74, 6) is 0.580. The summed E-state index contributed by atoms with van der Waals surface area (Å²) in [6, 6.07) is 9.59. The quantitative estimate of drug-likeness (QED) is 0.710. The van der Waals surface area contributed by atoms with Crippen molar-refractivity contribution in [3.8, 4) is 22.7 Å². The molecule has 19 heavy (non-hydrogen) atoms. The van der Waals surface area contributed by atoms with Gasteiger partial charge in [-0.05, 0) is 30.7 Å². The minimum Gasteiger partial charge on any atom is -0.444 e. The van der Waals surface area contributed by atoms with Crippen LogP contribution in [0.1, 0.15) is 5.56 Å². The molecule has 0 unspecified atom stereocenters. The molecule has 0 spiro atoms. The second-order valence-corrected chi connectivity index (χ2v) is 4.35. The van der Waals surface area contributed by atoms with Crippen LogP contribution in [-0.2, 0) is 0 Å². The SMILES string of the molecule is Cc1ccc(-c2coc(-c3ccncc3)n2)cc1N. The first-order chi connectivity index (χ1) is 9.24. The first-order valence-electron chi connectivity index (χ1n) is 5.96. The first kappa shape index (κ1) is 11.5. The Morgan fingerprint density at radius 2 is 1.84 bits per heavy atom. The highest BCUT2D eigenvalue weighted by Gasteiger charge is 2.08. The van der Waals surface area contributed by atoms with Gasteiger partial charge in [0, 0.05) is 29.2 Å². The normalized spacial score (nSPS) is 10.6. The second kappa shape index (κ2) is 4.57. The van der Waals surface area contributed by atoms with Gasteiger partial charge in [-0.1, -0.05) is 12.1 Å². The summed E-state index contributed by atoms with van der Waals surface area (Å²) >= 11 is 0. The number of aromatic nitrogens is 2. The minimum atomic E-state index is 0.580. The Kier molecular flexibility index (Phi) is 2.76. The summed E-state index contributed by atoms with van der Waals surface area (Å²) in [5, 5.41) is 0. The van der Waals surface area contributed by atoms with Crippen molar-refractivity contribution < 1.29 is 4.42 Å². The molecular formula is C15H13N3O. The molecule has 0 saturated heterocycles. The number of hydrogen-bond donors (Lipinski definition) is 1. The molecule has 3 rings (SSSR count). The van der Waals surface area contributed by atoms with Gasteiger partial charge in [0.05, 0.1) is 0 Å². The van der Waals surface area contributed by atoms with E-state index in [1.165, 1.54) is 0 Å². The predicted octanol–water partition coefficient (Wildman–Crippen LogP) is 3.29. The van der Waals surface area contributed by atoms with Crippen LogP contribution in [-0.4, -0.2) is 9.97 Å². The zero-order valence-corrected chi connectivity index (χ0v) is 10.5. The minimum absolute atomic E-state index is 0.580. The van der Waals surface area contributed by atoms with Crippen LogP contribution in [0.5, 0.6) is 0 Å². The molecule has 0 bridgehead atoms. The summed E-state index contributed by atoms with van der Waals surface area (Å²) in [4.78, 5) is 8.44. The van der Waals surface area contributed by atoms with Gasteiger partial charge in [0.1, 0.15) is 12.0 Å². The molecule has 0 atom stereocenters. The Hall–Kier alpha value is -2.62. The number of nitrogens with zero attached hydrogens (tertiary/aromatic N) is 2. The maximum atomic E-state index is 5.91. The number of anilines is 1. The Labute approximate surface area is 110 Å². The Bertz CT molecular complexity index is 704. The van der Waals surface area contributed by atoms with Crippen molar-refractivity contribution in [3.63, 3.8) is 0 Å². The molecule has 0 radical (unpaired) electrons. The zero-order valence-electron chi connectivity index (χ0n) is 10.5. The lowest BCUT2D eigenvalue weighted by molar-refractivity contribution is 0.575. The van der Waals surface area contributed by atoms with Gasteiger partial charge in [-0.15, -0.1) is 0 Å². The molecule has 94 valence electrons. The Morgan fingerprint density at radius 1 is 1.05 bits per heavy atom. The summed E-state index contributed by atoms with van der Waals surface area (Å²) in [6.45, 7) is 1.98. The van der Waals surface area contributed by atoms with Gasteiger partial charge in [-0.2, -0.15) is 0 Å². The second-order valence-electron chi connectivity index (χ2n) is 4.35. The van der Waals surface area contributed by atoms with Crippen LogP contribution in [0.25, 0.3) is 22.7 Å². The molecule has 4 nitrogen and oxygen atoms in total. The van der Waals surface area contributed by atoms with E-state index in [-0.39, 0.29) is 0 Å². The van der Waals surface area contributed by atoms with Crippen molar-refractivity contribution >= 4 is 5.69 Å². The first-order valence-corrected chi connectivity index (χ1v) is 5.96. The van der Waals surface area contributed by atoms with Crippen LogP contribution in [0.3, 0.4) is 0 Å². The standard InChI is InChI=1S/C15H13N3O/c1-10-2-3-12(8-13(10)16)14-9-19-15(18-14)11-4-6-17-7-5-11/h2-9H,16H2,1H3. The van der Waals surface area contributed by atoms with E-state index < -0.39 is 0 Å². The van der Waals surface area contributed by atoms with Gasteiger partial charge in [0.25, 0.3) is 0 Å². The fraction of sp³-hybridized carbons (Fsp3) is 0.0667. The number of pyridine rings is 1. The summed E-state index contributed by atoms with van der Waals surface area (Å²) in [7, 11) is 0. The van der Waals surface area contributed by atoms with Gasteiger partial charge >= 0.3 is 0 Å². The number of aryl methyl sites for hydroxylation is 1. The van der Waals surface area contributed by atoms with E-state index in [2.05, 4.69) is 9.97 Å². The Balaban J connectivity index is 1.99. The molecule has 3 aromatic rings. The largest absolute Gasteiger partial charge is 0.444 e. The molecule has 0 amide bonds. The van der Waals surface area contributed by atoms with E-state index >= 15 is 0 Å². The molecule has 2 heterocycles. The number of nitrogens with two attached hydrogens (primary N) is 1. The smallest absolute Gasteiger partial charge is 0.226 e. The third-order valence-electron chi connectivity index (χ3n) is 3.01. The van der Waals surface area contributed by atoms with Gasteiger partial charge in [-0.25, -0.2) is 4.98 Å². The lowest BCUT2D eigenvalue weighted by atomic mass is 10.1. The summed E-state index contributed by atoms with van der Waals surface area (Å²) < 4.78 is 5.50. The van der Waals surface area contributed by atoms with E-state index in [1.54, 1.807) is 18.7 Å². The molecule has 1 aromatic carbocycles. The third-order valence-corrected chi connectivity index (χ3v) is 3.01. The average molecular weight is 251 g/mol. The maximum Gasteiger partial charge on any atom is 0.226 e. The van der Waals surface area contributed by atoms with Crippen molar-refractivity contribution in [2.45, 2.75) is 6.92 Å². The van der Waals surface area contributed by atoms with Crippen LogP contribution in [0, 0.1) is 6.92 Å². The van der Waals surface area contributed by atoms with Crippen molar-refractivity contribution in [1.29, 1.82) is 0 Å². The van der Waals surface area contributed by atoms with E-state index in [0.717, 1.165) is 28.1 Å². The maximum absolute atomic E-state index is 5.91. The highest BCUT2D eigenvalue weighted by molar-refractivity contribution is 5.67. The number of benzene rings is 1. The predicted molar refractivity (Wildman–Crippen MR) is 74.3 cm³/mol. The molecule has 0 aliphatic heterocycles. The number of oxazole rings is 1. The average Bonchev–Trinajstić information content (AvgIpc) is 2.93. The molecule has 2 N–H and O–H groups in total. The lowest BCUT2D eigenvalue weighted by Gasteiger charge is -2.01. The molecule has 0 aliphatic carbocycles. The monoisotopic (exact) mass is 251 g/mol. The van der Waals surface area contributed by atoms with Crippen LogP contribution in [0.15, 0.2) is 53.4 Å². The molecule has 2 aromatic heterocycles. The third kappa shape index (κ3) is 2.20. The van der Waals surface area contributed by atoms with E-state index in [9.17, 15) is 0 Å². The molecule has 0 aliphatic rings. The topological polar surface area (TPSA) is 64.9 Å². The van der Waals surface area contributed by atoms with Crippen LogP contribution in [0.2, 0.25) is 0 Å². The van der Waals surface area contributed by atoms with Crippen molar-refractivity contribution in [2.24, 2.45) is 0 Å². The fourth-order valence-electron chi connectivity index (χ4n) is 1.83. The zero-order chi connectivity index (χ0) is 13.2. The van der Waals surface area contributed by atoms with Crippen molar-refractivity contribution in [3.05, 3.63) is 54.6 Å². The molecule has 0 fully saturated rings. The van der Waals surface area contributed by atoms with Crippen LogP contribution >= 0.6 is 0 Å². The van der Waals surface area contributed by atoms with E-state index in [4.69, 9.17) is 10.2 Å². The number of hydrogen-bond acceptors (Lipinski definition) is 4. The number of nitrogen functional groups attached to an aromatic ring is 1. The highest BCUT2D eigenvalue weighted by atomic mass is 16.3. The Morgan fingerprint density at radius 3 is 2.58 bits per heavy atom. The lowest BCUT2D eigenvalue weighted by Crippen LogP contribution is -1.90. The fourth-order valence-corrected chi connectivity index (χ4v) is 1.83. The van der Waals surface area contributed by atoms with Crippen LogP contribution < -0.4 is 5.73 Å². The molecule has 4 heteroatoms. The highest BCUT2D eigenvalue weighted by Crippen LogP contribution is 2.26. The van der Waals surface area contributed by atoms with Crippen molar-refractivity contribution in [2.75, 3.05) is 5.73 Å². The van der Waals surface area contributed by atoms with Crippen molar-refractivity contribution in [1.82, 2.24) is 9.97 Å².